The molecule has 0 bridgehead atoms. The molecule has 2 N–H and O–H groups in total. The number of nitrogens with one attached hydrogen (secondary N) is 2. The smallest absolute Gasteiger partial charge is 0.225 e. The number of nitrogens with zero attached hydrogens (tertiary/aromatic N) is 1. The minimum Gasteiger partial charge on any atom is -0.320 e. The largest absolute Gasteiger partial charge is 0.320 e. The molecule has 0 unspecified atom stereocenters. The first kappa shape index (κ1) is 11.7. The molecule has 1 aromatic heterocycles. The number of hydrogen-bond acceptors (Lipinski definition) is 3. The van der Waals surface area contributed by atoms with Gasteiger partial charge < -0.3 is 10.6 Å². The van der Waals surface area contributed by atoms with Crippen molar-refractivity contribution in [3.05, 3.63) is 23.9 Å². The summed E-state index contributed by atoms with van der Waals surface area (Å²) in [6.45, 7) is 2.78. The average molecular weight is 207 g/mol. The van der Waals surface area contributed by atoms with E-state index in [9.17, 15) is 4.79 Å². The fourth-order valence-electron chi connectivity index (χ4n) is 1.24. The summed E-state index contributed by atoms with van der Waals surface area (Å²) in [7, 11) is 1.88. The highest BCUT2D eigenvalue weighted by atomic mass is 16.1. The van der Waals surface area contributed by atoms with Crippen molar-refractivity contribution >= 4 is 11.7 Å². The van der Waals surface area contributed by atoms with Crippen LogP contribution in [0.1, 0.15) is 18.4 Å². The minimum atomic E-state index is 0.0204. The van der Waals surface area contributed by atoms with E-state index in [1.54, 1.807) is 6.20 Å². The van der Waals surface area contributed by atoms with Gasteiger partial charge in [-0.25, -0.2) is 4.98 Å². The Morgan fingerprint density at radius 1 is 1.53 bits per heavy atom. The first-order valence-electron chi connectivity index (χ1n) is 5.10. The zero-order valence-corrected chi connectivity index (χ0v) is 9.21. The van der Waals surface area contributed by atoms with Crippen molar-refractivity contribution in [2.24, 2.45) is 0 Å². The van der Waals surface area contributed by atoms with E-state index < -0.39 is 0 Å². The molecule has 0 spiro atoms. The molecular weight excluding hydrogens is 190 g/mol. The van der Waals surface area contributed by atoms with E-state index in [2.05, 4.69) is 15.6 Å². The molecule has 4 nitrogen and oxygen atoms in total. The van der Waals surface area contributed by atoms with Gasteiger partial charge in [0, 0.05) is 12.6 Å². The highest BCUT2D eigenvalue weighted by molar-refractivity contribution is 5.90. The molecule has 15 heavy (non-hydrogen) atoms. The van der Waals surface area contributed by atoms with E-state index in [4.69, 9.17) is 0 Å². The van der Waals surface area contributed by atoms with Crippen molar-refractivity contribution in [2.45, 2.75) is 19.8 Å². The summed E-state index contributed by atoms with van der Waals surface area (Å²) in [4.78, 5) is 15.6. The number of carbonyl (C=O) groups excluding carboxylic acids is 1. The summed E-state index contributed by atoms with van der Waals surface area (Å²) in [6.07, 6.45) is 3.04. The SMILES string of the molecule is CNCCCC(=O)Nc1ncccc1C. The molecule has 0 aromatic carbocycles. The van der Waals surface area contributed by atoms with Crippen molar-refractivity contribution in [1.29, 1.82) is 0 Å². The standard InChI is InChI=1S/C11H17N3O/c1-9-5-3-8-13-11(9)14-10(15)6-4-7-12-2/h3,5,8,12H,4,6-7H2,1-2H3,(H,13,14,15). The highest BCUT2D eigenvalue weighted by Gasteiger charge is 2.04. The maximum Gasteiger partial charge on any atom is 0.225 e. The summed E-state index contributed by atoms with van der Waals surface area (Å²) in [5.74, 6) is 0.680. The predicted octanol–water partition coefficient (Wildman–Crippen LogP) is 1.33. The number of carbonyl (C=O) groups is 1. The number of hydrogen-bond donors (Lipinski definition) is 2. The van der Waals surface area contributed by atoms with Crippen LogP contribution in [0, 0.1) is 6.92 Å². The number of rotatable bonds is 5. The van der Waals surface area contributed by atoms with Crippen LogP contribution in [0.2, 0.25) is 0 Å². The molecule has 1 amide bonds. The van der Waals surface area contributed by atoms with Crippen LogP contribution in [0.15, 0.2) is 18.3 Å². The van der Waals surface area contributed by atoms with Crippen molar-refractivity contribution in [2.75, 3.05) is 18.9 Å². The molecule has 0 saturated heterocycles. The van der Waals surface area contributed by atoms with Crippen molar-refractivity contribution in [3.63, 3.8) is 0 Å². The van der Waals surface area contributed by atoms with Crippen LogP contribution in [-0.2, 0) is 4.79 Å². The van der Waals surface area contributed by atoms with Crippen LogP contribution in [0.5, 0.6) is 0 Å². The van der Waals surface area contributed by atoms with Crippen LogP contribution in [-0.4, -0.2) is 24.5 Å². The van der Waals surface area contributed by atoms with E-state index in [0.717, 1.165) is 18.5 Å². The third-order valence-electron chi connectivity index (χ3n) is 2.10. The molecular formula is C11H17N3O. The fourth-order valence-corrected chi connectivity index (χ4v) is 1.24. The Hall–Kier alpha value is -1.42. The molecule has 0 atom stereocenters. The Bertz CT molecular complexity index is 325. The third-order valence-corrected chi connectivity index (χ3v) is 2.10. The Labute approximate surface area is 90.1 Å². The van der Waals surface area contributed by atoms with Crippen molar-refractivity contribution < 1.29 is 4.79 Å². The molecule has 0 aliphatic carbocycles. The van der Waals surface area contributed by atoms with Gasteiger partial charge in [0.2, 0.25) is 5.91 Å². The molecule has 82 valence electrons. The van der Waals surface area contributed by atoms with Gasteiger partial charge in [0.1, 0.15) is 5.82 Å². The second-order valence-electron chi connectivity index (χ2n) is 3.42. The van der Waals surface area contributed by atoms with Gasteiger partial charge in [-0.2, -0.15) is 0 Å². The molecule has 0 aliphatic heterocycles. The lowest BCUT2D eigenvalue weighted by Crippen LogP contribution is -2.16. The van der Waals surface area contributed by atoms with Gasteiger partial charge in [0.05, 0.1) is 0 Å². The lowest BCUT2D eigenvalue weighted by atomic mass is 10.2. The van der Waals surface area contributed by atoms with Crippen molar-refractivity contribution in [1.82, 2.24) is 10.3 Å². The fraction of sp³-hybridized carbons (Fsp3) is 0.455. The van der Waals surface area contributed by atoms with E-state index in [1.807, 2.05) is 26.1 Å². The van der Waals surface area contributed by atoms with Crippen molar-refractivity contribution in [3.8, 4) is 0 Å². The van der Waals surface area contributed by atoms with Gasteiger partial charge in [0.15, 0.2) is 0 Å². The number of pyridine rings is 1. The van der Waals surface area contributed by atoms with Gasteiger partial charge in [-0.05, 0) is 38.6 Å². The summed E-state index contributed by atoms with van der Waals surface area (Å²) in [5, 5.41) is 5.79. The van der Waals surface area contributed by atoms with E-state index in [-0.39, 0.29) is 5.91 Å². The Balaban J connectivity index is 2.41. The lowest BCUT2D eigenvalue weighted by Gasteiger charge is -2.06. The summed E-state index contributed by atoms with van der Waals surface area (Å²) in [5.41, 5.74) is 0.986. The molecule has 1 rings (SSSR count). The van der Waals surface area contributed by atoms with E-state index >= 15 is 0 Å². The van der Waals surface area contributed by atoms with Gasteiger partial charge in [0.25, 0.3) is 0 Å². The van der Waals surface area contributed by atoms with E-state index in [0.29, 0.717) is 12.2 Å². The number of aromatic nitrogens is 1. The van der Waals surface area contributed by atoms with Crippen LogP contribution < -0.4 is 10.6 Å². The van der Waals surface area contributed by atoms with Gasteiger partial charge in [-0.3, -0.25) is 4.79 Å². The number of amides is 1. The molecule has 0 saturated carbocycles. The Kier molecular flexibility index (Phi) is 4.77. The second kappa shape index (κ2) is 6.14. The monoisotopic (exact) mass is 207 g/mol. The average Bonchev–Trinajstić information content (AvgIpc) is 2.22. The molecule has 0 fully saturated rings. The van der Waals surface area contributed by atoms with E-state index in [1.165, 1.54) is 0 Å². The highest BCUT2D eigenvalue weighted by Crippen LogP contribution is 2.09. The zero-order valence-electron chi connectivity index (χ0n) is 9.21. The summed E-state index contributed by atoms with van der Waals surface area (Å²) >= 11 is 0. The number of anilines is 1. The quantitative estimate of drug-likeness (QED) is 0.716. The van der Waals surface area contributed by atoms with Crippen LogP contribution in [0.4, 0.5) is 5.82 Å². The maximum atomic E-state index is 11.5. The summed E-state index contributed by atoms with van der Waals surface area (Å²) in [6, 6.07) is 3.78. The normalized spacial score (nSPS) is 10.0. The van der Waals surface area contributed by atoms with Crippen LogP contribution >= 0.6 is 0 Å². The first-order valence-corrected chi connectivity index (χ1v) is 5.10. The Morgan fingerprint density at radius 3 is 3.00 bits per heavy atom. The molecule has 1 aromatic rings. The van der Waals surface area contributed by atoms with Gasteiger partial charge in [-0.1, -0.05) is 6.07 Å². The molecule has 4 heteroatoms. The number of aryl methyl sites for hydroxylation is 1. The molecule has 0 aliphatic rings. The molecule has 0 radical (unpaired) electrons. The van der Waals surface area contributed by atoms with Crippen LogP contribution in [0.25, 0.3) is 0 Å². The predicted molar refractivity (Wildman–Crippen MR) is 60.8 cm³/mol. The van der Waals surface area contributed by atoms with Gasteiger partial charge >= 0.3 is 0 Å². The van der Waals surface area contributed by atoms with Gasteiger partial charge in [-0.15, -0.1) is 0 Å². The minimum absolute atomic E-state index is 0.0204. The maximum absolute atomic E-state index is 11.5. The van der Waals surface area contributed by atoms with Crippen LogP contribution in [0.3, 0.4) is 0 Å². The topological polar surface area (TPSA) is 54.0 Å². The Morgan fingerprint density at radius 2 is 2.33 bits per heavy atom. The first-order chi connectivity index (χ1) is 7.24. The second-order valence-corrected chi connectivity index (χ2v) is 3.42. The zero-order chi connectivity index (χ0) is 11.1. The third kappa shape index (κ3) is 4.08. The molecule has 1 heterocycles. The summed E-state index contributed by atoms with van der Waals surface area (Å²) < 4.78 is 0. The lowest BCUT2D eigenvalue weighted by molar-refractivity contribution is -0.116.